The first kappa shape index (κ1) is 16.9. The van der Waals surface area contributed by atoms with Crippen molar-refractivity contribution >= 4 is 38.6 Å². The van der Waals surface area contributed by atoms with E-state index in [1.807, 2.05) is 24.3 Å². The van der Waals surface area contributed by atoms with E-state index in [0.29, 0.717) is 11.0 Å². The van der Waals surface area contributed by atoms with Crippen molar-refractivity contribution in [3.8, 4) is 0 Å². The zero-order chi connectivity index (χ0) is 16.3. The van der Waals surface area contributed by atoms with E-state index in [9.17, 15) is 10.1 Å². The maximum Gasteiger partial charge on any atom is 0.270 e. The van der Waals surface area contributed by atoms with E-state index in [1.54, 1.807) is 24.5 Å². The third-order valence-electron chi connectivity index (χ3n) is 3.22. The molecule has 8 heteroatoms. The molecule has 2 rings (SSSR count). The molecule has 2 aromatic rings. The van der Waals surface area contributed by atoms with Crippen molar-refractivity contribution in [2.75, 3.05) is 19.1 Å². The standard InChI is InChI=1S/C14H16BrN3O3S/c1-9(21-3)14-16-10(8-22-14)7-17(2)13-5-4-11(18(19)20)6-12(13)15/h4-6,8-9H,7H2,1-3H3. The maximum absolute atomic E-state index is 10.8. The van der Waals surface area contributed by atoms with Crippen molar-refractivity contribution in [3.05, 3.63) is 48.9 Å². The SMILES string of the molecule is COC(C)c1nc(CN(C)c2ccc([N+](=O)[O-])cc2Br)cs1. The average Bonchev–Trinajstić information content (AvgIpc) is 2.94. The first-order valence-electron chi connectivity index (χ1n) is 6.54. The minimum Gasteiger partial charge on any atom is -0.375 e. The van der Waals surface area contributed by atoms with Gasteiger partial charge in [0.1, 0.15) is 11.1 Å². The molecule has 118 valence electrons. The summed E-state index contributed by atoms with van der Waals surface area (Å²) < 4.78 is 5.94. The normalized spacial score (nSPS) is 12.2. The van der Waals surface area contributed by atoms with Crippen LogP contribution in [0.5, 0.6) is 0 Å². The summed E-state index contributed by atoms with van der Waals surface area (Å²) in [6.45, 7) is 2.57. The number of hydrogen-bond acceptors (Lipinski definition) is 6. The van der Waals surface area contributed by atoms with E-state index in [0.717, 1.165) is 16.4 Å². The molecule has 0 saturated carbocycles. The molecule has 1 aromatic carbocycles. The Morgan fingerprint density at radius 3 is 2.86 bits per heavy atom. The van der Waals surface area contributed by atoms with Crippen LogP contribution in [-0.2, 0) is 11.3 Å². The molecule has 1 heterocycles. The van der Waals surface area contributed by atoms with Crippen LogP contribution >= 0.6 is 27.3 Å². The van der Waals surface area contributed by atoms with E-state index in [2.05, 4.69) is 20.9 Å². The lowest BCUT2D eigenvalue weighted by molar-refractivity contribution is -0.384. The van der Waals surface area contributed by atoms with Gasteiger partial charge in [-0.2, -0.15) is 0 Å². The second-order valence-electron chi connectivity index (χ2n) is 4.80. The number of benzene rings is 1. The van der Waals surface area contributed by atoms with Crippen LogP contribution in [0, 0.1) is 10.1 Å². The summed E-state index contributed by atoms with van der Waals surface area (Å²) in [7, 11) is 3.58. The Hall–Kier alpha value is -1.51. The minimum atomic E-state index is -0.409. The number of nitro benzene ring substituents is 1. The van der Waals surface area contributed by atoms with Crippen LogP contribution in [0.25, 0.3) is 0 Å². The van der Waals surface area contributed by atoms with Crippen molar-refractivity contribution in [2.45, 2.75) is 19.6 Å². The molecular weight excluding hydrogens is 370 g/mol. The number of thiazole rings is 1. The fraction of sp³-hybridized carbons (Fsp3) is 0.357. The summed E-state index contributed by atoms with van der Waals surface area (Å²) in [5, 5.41) is 13.7. The number of nitrogens with zero attached hydrogens (tertiary/aromatic N) is 3. The van der Waals surface area contributed by atoms with Gasteiger partial charge in [0.15, 0.2) is 0 Å². The highest BCUT2D eigenvalue weighted by Crippen LogP contribution is 2.30. The second-order valence-corrected chi connectivity index (χ2v) is 6.55. The highest BCUT2D eigenvalue weighted by atomic mass is 79.9. The minimum absolute atomic E-state index is 0.0184. The molecule has 0 aliphatic carbocycles. The maximum atomic E-state index is 10.8. The predicted molar refractivity (Wildman–Crippen MR) is 90.4 cm³/mol. The van der Waals surface area contributed by atoms with Gasteiger partial charge in [-0.15, -0.1) is 11.3 Å². The Balaban J connectivity index is 2.13. The molecule has 0 fully saturated rings. The number of anilines is 1. The largest absolute Gasteiger partial charge is 0.375 e. The fourth-order valence-corrected chi connectivity index (χ4v) is 3.44. The molecule has 0 aliphatic rings. The number of methoxy groups -OCH3 is 1. The summed E-state index contributed by atoms with van der Waals surface area (Å²) >= 11 is 4.95. The third-order valence-corrected chi connectivity index (χ3v) is 4.91. The van der Waals surface area contributed by atoms with E-state index in [4.69, 9.17) is 4.74 Å². The molecule has 0 saturated heterocycles. The van der Waals surface area contributed by atoms with Gasteiger partial charge in [-0.25, -0.2) is 4.98 Å². The Kier molecular flexibility index (Phi) is 5.49. The van der Waals surface area contributed by atoms with Gasteiger partial charge < -0.3 is 9.64 Å². The average molecular weight is 386 g/mol. The monoisotopic (exact) mass is 385 g/mol. The quantitative estimate of drug-likeness (QED) is 0.551. The lowest BCUT2D eigenvalue weighted by Gasteiger charge is -2.19. The lowest BCUT2D eigenvalue weighted by Crippen LogP contribution is -2.17. The van der Waals surface area contributed by atoms with Crippen molar-refractivity contribution < 1.29 is 9.66 Å². The lowest BCUT2D eigenvalue weighted by atomic mass is 10.2. The molecule has 0 bridgehead atoms. The molecule has 1 aromatic heterocycles. The molecule has 22 heavy (non-hydrogen) atoms. The third kappa shape index (κ3) is 3.82. The zero-order valence-corrected chi connectivity index (χ0v) is 14.8. The van der Waals surface area contributed by atoms with Crippen LogP contribution in [0.15, 0.2) is 28.1 Å². The van der Waals surface area contributed by atoms with E-state index < -0.39 is 4.92 Å². The molecule has 0 aliphatic heterocycles. The topological polar surface area (TPSA) is 68.5 Å². The molecule has 0 amide bonds. The van der Waals surface area contributed by atoms with Gasteiger partial charge in [0.2, 0.25) is 0 Å². The first-order chi connectivity index (χ1) is 10.4. The van der Waals surface area contributed by atoms with Crippen LogP contribution in [0.4, 0.5) is 11.4 Å². The number of hydrogen-bond donors (Lipinski definition) is 0. The molecule has 6 nitrogen and oxygen atoms in total. The van der Waals surface area contributed by atoms with Crippen LogP contribution < -0.4 is 4.90 Å². The number of nitro groups is 1. The van der Waals surface area contributed by atoms with Gasteiger partial charge in [-0.3, -0.25) is 10.1 Å². The van der Waals surface area contributed by atoms with Gasteiger partial charge in [0.25, 0.3) is 5.69 Å². The summed E-state index contributed by atoms with van der Waals surface area (Å²) in [6, 6.07) is 4.73. The zero-order valence-electron chi connectivity index (χ0n) is 12.4. The number of halogens is 1. The summed E-state index contributed by atoms with van der Waals surface area (Å²) in [4.78, 5) is 16.9. The second kappa shape index (κ2) is 7.17. The molecule has 0 radical (unpaired) electrons. The summed E-state index contributed by atoms with van der Waals surface area (Å²) in [5.41, 5.74) is 1.88. The van der Waals surface area contributed by atoms with E-state index in [-0.39, 0.29) is 11.8 Å². The van der Waals surface area contributed by atoms with E-state index >= 15 is 0 Å². The summed E-state index contributed by atoms with van der Waals surface area (Å²) in [5.74, 6) is 0. The Bertz CT molecular complexity index is 677. The smallest absolute Gasteiger partial charge is 0.270 e. The molecule has 1 unspecified atom stereocenters. The molecule has 0 N–H and O–H groups in total. The molecule has 0 spiro atoms. The number of ether oxygens (including phenoxy) is 1. The number of non-ortho nitro benzene ring substituents is 1. The van der Waals surface area contributed by atoms with Crippen LogP contribution in [0.1, 0.15) is 23.7 Å². The highest BCUT2D eigenvalue weighted by molar-refractivity contribution is 9.10. The van der Waals surface area contributed by atoms with Crippen LogP contribution in [0.3, 0.4) is 0 Å². The Morgan fingerprint density at radius 2 is 2.27 bits per heavy atom. The molecular formula is C14H16BrN3O3S. The van der Waals surface area contributed by atoms with Crippen molar-refractivity contribution in [3.63, 3.8) is 0 Å². The van der Waals surface area contributed by atoms with Crippen molar-refractivity contribution in [1.29, 1.82) is 0 Å². The van der Waals surface area contributed by atoms with Gasteiger partial charge in [0, 0.05) is 36.1 Å². The first-order valence-corrected chi connectivity index (χ1v) is 8.21. The summed E-state index contributed by atoms with van der Waals surface area (Å²) in [6.07, 6.45) is -0.0184. The Labute approximate surface area is 141 Å². The Morgan fingerprint density at radius 1 is 1.55 bits per heavy atom. The highest BCUT2D eigenvalue weighted by Gasteiger charge is 2.14. The molecule has 1 atom stereocenters. The van der Waals surface area contributed by atoms with Crippen molar-refractivity contribution in [1.82, 2.24) is 4.98 Å². The van der Waals surface area contributed by atoms with Gasteiger partial charge in [-0.1, -0.05) is 0 Å². The number of aromatic nitrogens is 1. The van der Waals surface area contributed by atoms with Crippen LogP contribution in [0.2, 0.25) is 0 Å². The van der Waals surface area contributed by atoms with Gasteiger partial charge >= 0.3 is 0 Å². The van der Waals surface area contributed by atoms with Gasteiger partial charge in [0.05, 0.1) is 22.8 Å². The van der Waals surface area contributed by atoms with Gasteiger partial charge in [-0.05, 0) is 28.9 Å². The number of rotatable bonds is 6. The van der Waals surface area contributed by atoms with Crippen molar-refractivity contribution in [2.24, 2.45) is 0 Å². The predicted octanol–water partition coefficient (Wildman–Crippen LogP) is 4.16. The van der Waals surface area contributed by atoms with E-state index in [1.165, 1.54) is 12.1 Å². The van der Waals surface area contributed by atoms with Crippen LogP contribution in [-0.4, -0.2) is 24.1 Å². The fourth-order valence-electron chi connectivity index (χ4n) is 1.93.